The van der Waals surface area contributed by atoms with Gasteiger partial charge in [-0.15, -0.1) is 0 Å². The molecule has 2 N–H and O–H groups in total. The summed E-state index contributed by atoms with van der Waals surface area (Å²) in [7, 11) is 0. The molecule has 0 saturated carbocycles. The zero-order valence-corrected chi connectivity index (χ0v) is 10.8. The van der Waals surface area contributed by atoms with E-state index >= 15 is 0 Å². The van der Waals surface area contributed by atoms with E-state index in [0.29, 0.717) is 18.6 Å². The van der Waals surface area contributed by atoms with E-state index in [2.05, 4.69) is 26.1 Å². The molecule has 0 amide bonds. The summed E-state index contributed by atoms with van der Waals surface area (Å²) in [6.07, 6.45) is 0.909. The molecule has 0 fully saturated rings. The maximum absolute atomic E-state index is 9.54. The van der Waals surface area contributed by atoms with Crippen LogP contribution in [-0.4, -0.2) is 37.0 Å². The Bertz CT molecular complexity index is 152. The zero-order valence-electron chi connectivity index (χ0n) is 10.8. The van der Waals surface area contributed by atoms with Gasteiger partial charge in [-0.3, -0.25) is 0 Å². The van der Waals surface area contributed by atoms with Crippen molar-refractivity contribution in [2.75, 3.05) is 19.7 Å². The molecule has 92 valence electrons. The number of ether oxygens (including phenoxy) is 1. The SMILES string of the molecule is CC(C)OCC(O)CNCCC(C)(C)C. The van der Waals surface area contributed by atoms with Crippen LogP contribution in [-0.2, 0) is 4.74 Å². The fourth-order valence-corrected chi connectivity index (χ4v) is 1.09. The topological polar surface area (TPSA) is 41.5 Å². The summed E-state index contributed by atoms with van der Waals surface area (Å²) in [4.78, 5) is 0. The van der Waals surface area contributed by atoms with E-state index in [1.807, 2.05) is 13.8 Å². The van der Waals surface area contributed by atoms with Gasteiger partial charge in [0.1, 0.15) is 0 Å². The maximum atomic E-state index is 9.54. The molecule has 0 heterocycles. The lowest BCUT2D eigenvalue weighted by Crippen LogP contribution is -2.32. The molecule has 3 nitrogen and oxygen atoms in total. The van der Waals surface area contributed by atoms with E-state index in [-0.39, 0.29) is 6.10 Å². The van der Waals surface area contributed by atoms with Crippen LogP contribution in [0, 0.1) is 5.41 Å². The number of aliphatic hydroxyl groups is 1. The standard InChI is InChI=1S/C12H27NO2/c1-10(2)15-9-11(14)8-13-7-6-12(3,4)5/h10-11,13-14H,6-9H2,1-5H3. The minimum absolute atomic E-state index is 0.189. The summed E-state index contributed by atoms with van der Waals surface area (Å²) >= 11 is 0. The van der Waals surface area contributed by atoms with Gasteiger partial charge in [0.15, 0.2) is 0 Å². The number of hydrogen-bond donors (Lipinski definition) is 2. The van der Waals surface area contributed by atoms with E-state index in [0.717, 1.165) is 13.0 Å². The van der Waals surface area contributed by atoms with E-state index < -0.39 is 6.10 Å². The van der Waals surface area contributed by atoms with Crippen LogP contribution in [0.1, 0.15) is 41.0 Å². The highest BCUT2D eigenvalue weighted by Crippen LogP contribution is 2.16. The number of rotatable bonds is 7. The lowest BCUT2D eigenvalue weighted by Gasteiger charge is -2.19. The fourth-order valence-electron chi connectivity index (χ4n) is 1.09. The Morgan fingerprint density at radius 3 is 2.33 bits per heavy atom. The fraction of sp³-hybridized carbons (Fsp3) is 1.00. The third kappa shape index (κ3) is 11.8. The Morgan fingerprint density at radius 1 is 1.27 bits per heavy atom. The van der Waals surface area contributed by atoms with Crippen molar-refractivity contribution in [3.63, 3.8) is 0 Å². The Morgan fingerprint density at radius 2 is 1.87 bits per heavy atom. The molecule has 0 radical (unpaired) electrons. The van der Waals surface area contributed by atoms with Crippen LogP contribution >= 0.6 is 0 Å². The van der Waals surface area contributed by atoms with Gasteiger partial charge in [-0.05, 0) is 32.2 Å². The van der Waals surface area contributed by atoms with Gasteiger partial charge < -0.3 is 15.2 Å². The van der Waals surface area contributed by atoms with Crippen LogP contribution < -0.4 is 5.32 Å². The molecule has 1 unspecified atom stereocenters. The summed E-state index contributed by atoms with van der Waals surface area (Å²) in [6.45, 7) is 12.6. The molecule has 0 aliphatic carbocycles. The predicted octanol–water partition coefficient (Wildman–Crippen LogP) is 1.80. The van der Waals surface area contributed by atoms with Gasteiger partial charge in [-0.1, -0.05) is 20.8 Å². The van der Waals surface area contributed by atoms with Gasteiger partial charge in [0.2, 0.25) is 0 Å². The number of aliphatic hydroxyl groups excluding tert-OH is 1. The highest BCUT2D eigenvalue weighted by atomic mass is 16.5. The molecular weight excluding hydrogens is 190 g/mol. The van der Waals surface area contributed by atoms with Crippen LogP contribution in [0.4, 0.5) is 0 Å². The Kier molecular flexibility index (Phi) is 7.14. The minimum Gasteiger partial charge on any atom is -0.389 e. The van der Waals surface area contributed by atoms with Crippen molar-refractivity contribution in [1.29, 1.82) is 0 Å². The molecule has 3 heteroatoms. The largest absolute Gasteiger partial charge is 0.389 e. The van der Waals surface area contributed by atoms with Crippen molar-refractivity contribution in [3.05, 3.63) is 0 Å². The van der Waals surface area contributed by atoms with Crippen molar-refractivity contribution in [2.45, 2.75) is 53.2 Å². The van der Waals surface area contributed by atoms with E-state index in [1.165, 1.54) is 0 Å². The van der Waals surface area contributed by atoms with Gasteiger partial charge in [0, 0.05) is 6.54 Å². The summed E-state index contributed by atoms with van der Waals surface area (Å²) in [5.41, 5.74) is 0.354. The summed E-state index contributed by atoms with van der Waals surface area (Å²) < 4.78 is 5.31. The highest BCUT2D eigenvalue weighted by Gasteiger charge is 2.10. The number of hydrogen-bond acceptors (Lipinski definition) is 3. The molecule has 0 rings (SSSR count). The average Bonchev–Trinajstić information content (AvgIpc) is 2.07. The molecule has 15 heavy (non-hydrogen) atoms. The first-order valence-electron chi connectivity index (χ1n) is 5.81. The maximum Gasteiger partial charge on any atom is 0.0897 e. The molecule has 0 aliphatic rings. The Balaban J connectivity index is 3.35. The minimum atomic E-state index is -0.396. The van der Waals surface area contributed by atoms with Crippen molar-refractivity contribution in [1.82, 2.24) is 5.32 Å². The van der Waals surface area contributed by atoms with Gasteiger partial charge in [0.25, 0.3) is 0 Å². The van der Waals surface area contributed by atoms with Crippen LogP contribution in [0.2, 0.25) is 0 Å². The Hall–Kier alpha value is -0.120. The van der Waals surface area contributed by atoms with Gasteiger partial charge in [0.05, 0.1) is 18.8 Å². The van der Waals surface area contributed by atoms with Crippen LogP contribution in [0.5, 0.6) is 0 Å². The molecule has 0 aromatic rings. The van der Waals surface area contributed by atoms with E-state index in [4.69, 9.17) is 4.74 Å². The molecule has 0 aromatic carbocycles. The first-order chi connectivity index (χ1) is 6.81. The second-order valence-electron chi connectivity index (χ2n) is 5.55. The number of nitrogens with one attached hydrogen (secondary N) is 1. The normalized spacial score (nSPS) is 14.6. The van der Waals surface area contributed by atoms with Crippen molar-refractivity contribution in [2.24, 2.45) is 5.41 Å². The highest BCUT2D eigenvalue weighted by molar-refractivity contribution is 4.65. The quantitative estimate of drug-likeness (QED) is 0.639. The first-order valence-corrected chi connectivity index (χ1v) is 5.81. The van der Waals surface area contributed by atoms with Gasteiger partial charge >= 0.3 is 0 Å². The molecule has 0 saturated heterocycles. The Labute approximate surface area is 94.2 Å². The third-order valence-corrected chi connectivity index (χ3v) is 2.05. The molecule has 0 aromatic heterocycles. The van der Waals surface area contributed by atoms with Crippen molar-refractivity contribution in [3.8, 4) is 0 Å². The summed E-state index contributed by atoms with van der Waals surface area (Å²) in [5, 5.41) is 12.8. The molecule has 0 aliphatic heterocycles. The van der Waals surface area contributed by atoms with Crippen molar-refractivity contribution >= 4 is 0 Å². The van der Waals surface area contributed by atoms with Gasteiger partial charge in [-0.25, -0.2) is 0 Å². The van der Waals surface area contributed by atoms with Crippen LogP contribution in [0.3, 0.4) is 0 Å². The van der Waals surface area contributed by atoms with E-state index in [9.17, 15) is 5.11 Å². The first kappa shape index (κ1) is 14.9. The summed E-state index contributed by atoms with van der Waals surface area (Å²) in [5.74, 6) is 0. The smallest absolute Gasteiger partial charge is 0.0897 e. The second kappa shape index (κ2) is 7.20. The third-order valence-electron chi connectivity index (χ3n) is 2.05. The zero-order chi connectivity index (χ0) is 11.9. The molecule has 1 atom stereocenters. The molecular formula is C12H27NO2. The van der Waals surface area contributed by atoms with Crippen LogP contribution in [0.15, 0.2) is 0 Å². The van der Waals surface area contributed by atoms with Crippen molar-refractivity contribution < 1.29 is 9.84 Å². The van der Waals surface area contributed by atoms with Crippen LogP contribution in [0.25, 0.3) is 0 Å². The molecule has 0 spiro atoms. The summed E-state index contributed by atoms with van der Waals surface area (Å²) in [6, 6.07) is 0. The van der Waals surface area contributed by atoms with E-state index in [1.54, 1.807) is 0 Å². The predicted molar refractivity (Wildman–Crippen MR) is 64.0 cm³/mol. The average molecular weight is 217 g/mol. The molecule has 0 bridgehead atoms. The second-order valence-corrected chi connectivity index (χ2v) is 5.55. The lowest BCUT2D eigenvalue weighted by molar-refractivity contribution is 0.00630. The van der Waals surface area contributed by atoms with Gasteiger partial charge in [-0.2, -0.15) is 0 Å². The monoisotopic (exact) mass is 217 g/mol. The lowest BCUT2D eigenvalue weighted by atomic mass is 9.92.